The second kappa shape index (κ2) is 8.89. The number of hydrogen-bond acceptors (Lipinski definition) is 0. The second-order valence-electron chi connectivity index (χ2n) is 0.880. The van der Waals surface area contributed by atoms with Gasteiger partial charge in [0.15, 0.2) is 0 Å². The molecule has 0 aliphatic heterocycles. The summed E-state index contributed by atoms with van der Waals surface area (Å²) in [5.74, 6) is 0. The Hall–Kier alpha value is -0.0100. The molecule has 1 nitrogen and oxygen atoms in total. The SMILES string of the molecule is CC/C=C/[NH3+].[Cl-]. The van der Waals surface area contributed by atoms with Gasteiger partial charge in [-0.05, 0) is 12.5 Å². The summed E-state index contributed by atoms with van der Waals surface area (Å²) in [6.07, 6.45) is 4.92. The molecule has 0 unspecified atom stereocenters. The fourth-order valence-electron chi connectivity index (χ4n) is 0.167. The summed E-state index contributed by atoms with van der Waals surface area (Å²) >= 11 is 0. The van der Waals surface area contributed by atoms with Crippen molar-refractivity contribution in [3.05, 3.63) is 12.3 Å². The maximum Gasteiger partial charge on any atom is 0.0868 e. The van der Waals surface area contributed by atoms with Crippen molar-refractivity contribution in [1.82, 2.24) is 0 Å². The average Bonchev–Trinajstić information content (AvgIpc) is 1.41. The first-order chi connectivity index (χ1) is 2.41. The van der Waals surface area contributed by atoms with Crippen molar-refractivity contribution in [1.29, 1.82) is 0 Å². The molecule has 2 heteroatoms. The number of hydrogen-bond donors (Lipinski definition) is 1. The van der Waals surface area contributed by atoms with Crippen molar-refractivity contribution in [2.24, 2.45) is 0 Å². The van der Waals surface area contributed by atoms with E-state index in [1.165, 1.54) is 0 Å². The lowest BCUT2D eigenvalue weighted by atomic mass is 10.5. The summed E-state index contributed by atoms with van der Waals surface area (Å²) in [4.78, 5) is 0. The van der Waals surface area contributed by atoms with Crippen molar-refractivity contribution < 1.29 is 18.1 Å². The minimum absolute atomic E-state index is 0. The molecule has 0 heterocycles. The summed E-state index contributed by atoms with van der Waals surface area (Å²) in [5.41, 5.74) is 3.49. The largest absolute Gasteiger partial charge is 1.00 e. The third-order valence-corrected chi connectivity index (χ3v) is 0.402. The summed E-state index contributed by atoms with van der Waals surface area (Å²) in [6, 6.07) is 0. The van der Waals surface area contributed by atoms with Crippen LogP contribution in [0.2, 0.25) is 0 Å². The Morgan fingerprint density at radius 1 is 1.67 bits per heavy atom. The Labute approximate surface area is 44.6 Å². The van der Waals surface area contributed by atoms with Crippen LogP contribution in [-0.4, -0.2) is 0 Å². The van der Waals surface area contributed by atoms with Crippen LogP contribution in [-0.2, 0) is 0 Å². The monoisotopic (exact) mass is 107 g/mol. The molecule has 0 amide bonds. The van der Waals surface area contributed by atoms with Gasteiger partial charge in [0.1, 0.15) is 0 Å². The van der Waals surface area contributed by atoms with Gasteiger partial charge in [0.25, 0.3) is 0 Å². The smallest absolute Gasteiger partial charge is 0.0868 e. The van der Waals surface area contributed by atoms with E-state index in [-0.39, 0.29) is 12.4 Å². The molecule has 3 N–H and O–H groups in total. The Bertz CT molecular complexity index is 34.5. The number of quaternary nitrogens is 1. The summed E-state index contributed by atoms with van der Waals surface area (Å²) in [5, 5.41) is 0. The molecular formula is C4H10ClN. The van der Waals surface area contributed by atoms with Crippen molar-refractivity contribution in [2.75, 3.05) is 0 Å². The maximum absolute atomic E-state index is 3.49. The van der Waals surface area contributed by atoms with Crippen molar-refractivity contribution in [3.8, 4) is 0 Å². The summed E-state index contributed by atoms with van der Waals surface area (Å²) in [7, 11) is 0. The molecule has 0 rings (SSSR count). The third-order valence-electron chi connectivity index (χ3n) is 0.402. The molecule has 0 aromatic heterocycles. The van der Waals surface area contributed by atoms with Crippen molar-refractivity contribution in [2.45, 2.75) is 13.3 Å². The van der Waals surface area contributed by atoms with Crippen LogP contribution < -0.4 is 18.1 Å². The van der Waals surface area contributed by atoms with Crippen LogP contribution in [0, 0.1) is 0 Å². The zero-order chi connectivity index (χ0) is 4.12. The number of halogens is 1. The van der Waals surface area contributed by atoms with Crippen LogP contribution in [0.15, 0.2) is 12.3 Å². The van der Waals surface area contributed by atoms with E-state index in [1.807, 2.05) is 6.08 Å². The topological polar surface area (TPSA) is 27.6 Å². The van der Waals surface area contributed by atoms with Crippen LogP contribution in [0.1, 0.15) is 13.3 Å². The minimum atomic E-state index is 0. The molecule has 0 aromatic rings. The molecule has 38 valence electrons. The first kappa shape index (κ1) is 9.37. The average molecular weight is 108 g/mol. The third kappa shape index (κ3) is 9.01. The highest BCUT2D eigenvalue weighted by Crippen LogP contribution is 1.68. The Kier molecular flexibility index (Phi) is 13.9. The molecule has 0 fully saturated rings. The van der Waals surface area contributed by atoms with Crippen LogP contribution in [0.25, 0.3) is 0 Å². The van der Waals surface area contributed by atoms with Crippen LogP contribution in [0.3, 0.4) is 0 Å². The van der Waals surface area contributed by atoms with Crippen LogP contribution in [0.5, 0.6) is 0 Å². The Morgan fingerprint density at radius 3 is 2.17 bits per heavy atom. The quantitative estimate of drug-likeness (QED) is 0.374. The van der Waals surface area contributed by atoms with E-state index < -0.39 is 0 Å². The van der Waals surface area contributed by atoms with Crippen molar-refractivity contribution >= 4 is 0 Å². The Morgan fingerprint density at radius 2 is 2.17 bits per heavy atom. The van der Waals surface area contributed by atoms with E-state index in [0.29, 0.717) is 0 Å². The van der Waals surface area contributed by atoms with Crippen LogP contribution >= 0.6 is 0 Å². The van der Waals surface area contributed by atoms with E-state index in [9.17, 15) is 0 Å². The highest BCUT2D eigenvalue weighted by atomic mass is 35.5. The lowest BCUT2D eigenvalue weighted by molar-refractivity contribution is -0.275. The molecule has 0 saturated heterocycles. The maximum atomic E-state index is 3.49. The van der Waals surface area contributed by atoms with Crippen molar-refractivity contribution in [3.63, 3.8) is 0 Å². The van der Waals surface area contributed by atoms with E-state index in [0.717, 1.165) is 6.42 Å². The Balaban J connectivity index is 0. The molecule has 0 radical (unpaired) electrons. The lowest BCUT2D eigenvalue weighted by Crippen LogP contribution is -3.00. The number of allylic oxidation sites excluding steroid dienone is 1. The lowest BCUT2D eigenvalue weighted by Gasteiger charge is -1.62. The van der Waals surface area contributed by atoms with Gasteiger partial charge in [0.05, 0.1) is 6.20 Å². The van der Waals surface area contributed by atoms with Gasteiger partial charge in [0.2, 0.25) is 0 Å². The molecule has 6 heavy (non-hydrogen) atoms. The predicted molar refractivity (Wildman–Crippen MR) is 22.3 cm³/mol. The molecule has 0 bridgehead atoms. The second-order valence-corrected chi connectivity index (χ2v) is 0.880. The number of rotatable bonds is 1. The van der Waals surface area contributed by atoms with E-state index in [1.54, 1.807) is 6.20 Å². The van der Waals surface area contributed by atoms with Gasteiger partial charge >= 0.3 is 0 Å². The molecule has 0 aliphatic rings. The highest BCUT2D eigenvalue weighted by molar-refractivity contribution is 4.65. The van der Waals surface area contributed by atoms with Gasteiger partial charge in [-0.1, -0.05) is 6.92 Å². The predicted octanol–water partition coefficient (Wildman–Crippen LogP) is -2.84. The van der Waals surface area contributed by atoms with Gasteiger partial charge in [-0.25, -0.2) is 0 Å². The molecule has 0 atom stereocenters. The molecule has 0 aromatic carbocycles. The molecule has 0 aliphatic carbocycles. The highest BCUT2D eigenvalue weighted by Gasteiger charge is 1.55. The zero-order valence-corrected chi connectivity index (χ0v) is 4.70. The van der Waals surface area contributed by atoms with Crippen LogP contribution in [0.4, 0.5) is 0 Å². The molecular weight excluding hydrogens is 97.5 g/mol. The standard InChI is InChI=1S/C4H9N.ClH/c1-2-3-4-5;/h3-4H,2,5H2,1H3;1H/b4-3+;. The van der Waals surface area contributed by atoms with Gasteiger partial charge < -0.3 is 18.1 Å². The molecule has 0 saturated carbocycles. The van der Waals surface area contributed by atoms with E-state index in [2.05, 4.69) is 12.7 Å². The zero-order valence-electron chi connectivity index (χ0n) is 3.95. The minimum Gasteiger partial charge on any atom is -1.00 e. The first-order valence-corrected chi connectivity index (χ1v) is 1.86. The van der Waals surface area contributed by atoms with E-state index >= 15 is 0 Å². The van der Waals surface area contributed by atoms with Gasteiger partial charge in [-0.2, -0.15) is 0 Å². The van der Waals surface area contributed by atoms with Gasteiger partial charge in [-0.15, -0.1) is 0 Å². The normalized spacial score (nSPS) is 8.33. The van der Waals surface area contributed by atoms with E-state index in [4.69, 9.17) is 0 Å². The fourth-order valence-corrected chi connectivity index (χ4v) is 0.167. The summed E-state index contributed by atoms with van der Waals surface area (Å²) in [6.45, 7) is 2.08. The molecule has 0 spiro atoms. The summed E-state index contributed by atoms with van der Waals surface area (Å²) < 4.78 is 0. The fraction of sp³-hybridized carbons (Fsp3) is 0.500. The first-order valence-electron chi connectivity index (χ1n) is 1.86. The van der Waals surface area contributed by atoms with Gasteiger partial charge in [-0.3, -0.25) is 0 Å². The van der Waals surface area contributed by atoms with Gasteiger partial charge in [0, 0.05) is 0 Å².